The maximum absolute atomic E-state index is 12.0. The van der Waals surface area contributed by atoms with Crippen LogP contribution in [0, 0.1) is 13.8 Å². The lowest BCUT2D eigenvalue weighted by molar-refractivity contribution is 0.101. The zero-order valence-electron chi connectivity index (χ0n) is 11.0. The second-order valence-electron chi connectivity index (χ2n) is 4.26. The molecule has 4 N–H and O–H groups in total. The summed E-state index contributed by atoms with van der Waals surface area (Å²) in [5.41, 5.74) is 7.46. The van der Waals surface area contributed by atoms with Crippen LogP contribution in [-0.4, -0.2) is 22.1 Å². The van der Waals surface area contributed by atoms with Gasteiger partial charge in [0.05, 0.1) is 5.69 Å². The number of anilines is 1. The average molecular weight is 274 g/mol. The van der Waals surface area contributed by atoms with Crippen LogP contribution in [0.3, 0.4) is 0 Å². The maximum atomic E-state index is 12.0. The number of nitrogens with zero attached hydrogens (tertiary/aromatic N) is 2. The fourth-order valence-corrected chi connectivity index (χ4v) is 1.82. The molecule has 7 heteroatoms. The molecule has 1 aromatic carbocycles. The van der Waals surface area contributed by atoms with E-state index < -0.39 is 5.91 Å². The Bertz CT molecular complexity index is 676. The number of oxime groups is 1. The number of carbonyl (C=O) groups is 1. The van der Waals surface area contributed by atoms with Crippen LogP contribution in [0.15, 0.2) is 33.9 Å². The standard InChI is InChI=1S/C13H14N4O3/c1-7-4-3-5-9(11(7)12(14)16-19)15-13(18)10-6-8(2)20-17-10/h3-6,19H,1-2H3,(H2,14,16)(H,15,18). The van der Waals surface area contributed by atoms with Crippen LogP contribution in [0.2, 0.25) is 0 Å². The van der Waals surface area contributed by atoms with Gasteiger partial charge in [-0.3, -0.25) is 4.79 Å². The first-order valence-corrected chi connectivity index (χ1v) is 5.85. The van der Waals surface area contributed by atoms with Crippen molar-refractivity contribution in [3.8, 4) is 0 Å². The number of carbonyl (C=O) groups excluding carboxylic acids is 1. The zero-order chi connectivity index (χ0) is 14.7. The topological polar surface area (TPSA) is 114 Å². The molecule has 0 radical (unpaired) electrons. The van der Waals surface area contributed by atoms with Crippen molar-refractivity contribution in [2.24, 2.45) is 10.9 Å². The molecule has 104 valence electrons. The number of rotatable bonds is 3. The van der Waals surface area contributed by atoms with Crippen LogP contribution in [-0.2, 0) is 0 Å². The van der Waals surface area contributed by atoms with Crippen LogP contribution < -0.4 is 11.1 Å². The van der Waals surface area contributed by atoms with Crippen molar-refractivity contribution in [2.45, 2.75) is 13.8 Å². The highest BCUT2D eigenvalue weighted by molar-refractivity contribution is 6.09. The van der Waals surface area contributed by atoms with Crippen molar-refractivity contribution in [1.29, 1.82) is 0 Å². The van der Waals surface area contributed by atoms with Crippen molar-refractivity contribution < 1.29 is 14.5 Å². The van der Waals surface area contributed by atoms with Crippen molar-refractivity contribution in [2.75, 3.05) is 5.32 Å². The van der Waals surface area contributed by atoms with Gasteiger partial charge >= 0.3 is 0 Å². The number of hydrogen-bond donors (Lipinski definition) is 3. The third kappa shape index (κ3) is 2.61. The van der Waals surface area contributed by atoms with E-state index in [9.17, 15) is 4.79 Å². The summed E-state index contributed by atoms with van der Waals surface area (Å²) in [5.74, 6) is 0.0326. The second kappa shape index (κ2) is 5.43. The number of hydrogen-bond acceptors (Lipinski definition) is 5. The van der Waals surface area contributed by atoms with Gasteiger partial charge in [-0.25, -0.2) is 0 Å². The SMILES string of the molecule is Cc1cc(C(=O)Nc2cccc(C)c2/C(N)=N/O)no1. The van der Waals surface area contributed by atoms with E-state index in [0.717, 1.165) is 5.56 Å². The molecule has 0 aliphatic rings. The van der Waals surface area contributed by atoms with Crippen LogP contribution in [0.4, 0.5) is 5.69 Å². The summed E-state index contributed by atoms with van der Waals surface area (Å²) < 4.78 is 4.85. The Kier molecular flexibility index (Phi) is 3.69. The van der Waals surface area contributed by atoms with E-state index in [-0.39, 0.29) is 11.5 Å². The van der Waals surface area contributed by atoms with Gasteiger partial charge in [-0.15, -0.1) is 0 Å². The Balaban J connectivity index is 2.34. The molecule has 20 heavy (non-hydrogen) atoms. The molecule has 0 saturated heterocycles. The lowest BCUT2D eigenvalue weighted by Gasteiger charge is -2.11. The predicted octanol–water partition coefficient (Wildman–Crippen LogP) is 1.64. The third-order valence-electron chi connectivity index (χ3n) is 2.75. The van der Waals surface area contributed by atoms with Crippen LogP contribution in [0.25, 0.3) is 0 Å². The van der Waals surface area contributed by atoms with E-state index in [1.54, 1.807) is 32.0 Å². The third-order valence-corrected chi connectivity index (χ3v) is 2.75. The fraction of sp³-hybridized carbons (Fsp3) is 0.154. The normalized spacial score (nSPS) is 11.4. The van der Waals surface area contributed by atoms with Crippen molar-refractivity contribution >= 4 is 17.4 Å². The molecule has 1 aromatic heterocycles. The summed E-state index contributed by atoms with van der Waals surface area (Å²) in [6.07, 6.45) is 0. The van der Waals surface area contributed by atoms with Gasteiger partial charge < -0.3 is 20.8 Å². The summed E-state index contributed by atoms with van der Waals surface area (Å²) in [6, 6.07) is 6.73. The maximum Gasteiger partial charge on any atom is 0.277 e. The first kappa shape index (κ1) is 13.6. The number of aryl methyl sites for hydroxylation is 2. The molecule has 0 bridgehead atoms. The summed E-state index contributed by atoms with van der Waals surface area (Å²) in [5, 5.41) is 18.1. The van der Waals surface area contributed by atoms with Crippen molar-refractivity contribution in [3.63, 3.8) is 0 Å². The predicted molar refractivity (Wildman–Crippen MR) is 72.9 cm³/mol. The Morgan fingerprint density at radius 1 is 1.45 bits per heavy atom. The summed E-state index contributed by atoms with van der Waals surface area (Å²) in [6.45, 7) is 3.49. The minimum absolute atomic E-state index is 0.0743. The monoisotopic (exact) mass is 274 g/mol. The largest absolute Gasteiger partial charge is 0.409 e. The molecule has 0 aliphatic heterocycles. The van der Waals surface area contributed by atoms with Gasteiger partial charge in [-0.05, 0) is 25.5 Å². The molecular formula is C13H14N4O3. The number of amides is 1. The fourth-order valence-electron chi connectivity index (χ4n) is 1.82. The van der Waals surface area contributed by atoms with E-state index in [0.29, 0.717) is 17.0 Å². The lowest BCUT2D eigenvalue weighted by Crippen LogP contribution is -2.20. The van der Waals surface area contributed by atoms with Gasteiger partial charge in [0.25, 0.3) is 5.91 Å². The van der Waals surface area contributed by atoms with Gasteiger partial charge in [0, 0.05) is 11.6 Å². The van der Waals surface area contributed by atoms with Gasteiger partial charge in [0.2, 0.25) is 0 Å². The van der Waals surface area contributed by atoms with Gasteiger partial charge in [0.15, 0.2) is 11.5 Å². The number of nitrogens with one attached hydrogen (secondary N) is 1. The van der Waals surface area contributed by atoms with Gasteiger partial charge in [0.1, 0.15) is 5.76 Å². The highest BCUT2D eigenvalue weighted by atomic mass is 16.5. The minimum atomic E-state index is -0.431. The second-order valence-corrected chi connectivity index (χ2v) is 4.26. The smallest absolute Gasteiger partial charge is 0.277 e. The molecule has 0 fully saturated rings. The molecule has 1 heterocycles. The van der Waals surface area contributed by atoms with Crippen molar-refractivity contribution in [3.05, 3.63) is 46.8 Å². The summed E-state index contributed by atoms with van der Waals surface area (Å²) in [4.78, 5) is 12.0. The molecule has 0 unspecified atom stereocenters. The van der Waals surface area contributed by atoms with Gasteiger partial charge in [-0.2, -0.15) is 0 Å². The Morgan fingerprint density at radius 2 is 2.20 bits per heavy atom. The lowest BCUT2D eigenvalue weighted by atomic mass is 10.1. The van der Waals surface area contributed by atoms with E-state index in [2.05, 4.69) is 15.6 Å². The molecule has 2 aromatic rings. The Morgan fingerprint density at radius 3 is 2.80 bits per heavy atom. The van der Waals surface area contributed by atoms with E-state index in [4.69, 9.17) is 15.5 Å². The van der Waals surface area contributed by atoms with Crippen LogP contribution in [0.5, 0.6) is 0 Å². The van der Waals surface area contributed by atoms with Gasteiger partial charge in [-0.1, -0.05) is 22.4 Å². The zero-order valence-corrected chi connectivity index (χ0v) is 11.0. The van der Waals surface area contributed by atoms with Crippen molar-refractivity contribution in [1.82, 2.24) is 5.16 Å². The minimum Gasteiger partial charge on any atom is -0.409 e. The molecule has 2 rings (SSSR count). The molecule has 0 saturated carbocycles. The summed E-state index contributed by atoms with van der Waals surface area (Å²) >= 11 is 0. The number of amidine groups is 1. The Labute approximate surface area is 115 Å². The first-order chi connectivity index (χ1) is 9.52. The number of nitrogens with two attached hydrogens (primary N) is 1. The molecule has 1 amide bonds. The number of benzene rings is 1. The van der Waals surface area contributed by atoms with E-state index >= 15 is 0 Å². The van der Waals surface area contributed by atoms with E-state index in [1.165, 1.54) is 6.07 Å². The van der Waals surface area contributed by atoms with Crippen LogP contribution in [0.1, 0.15) is 27.4 Å². The first-order valence-electron chi connectivity index (χ1n) is 5.85. The average Bonchev–Trinajstić information content (AvgIpc) is 2.85. The van der Waals surface area contributed by atoms with E-state index in [1.807, 2.05) is 0 Å². The molecular weight excluding hydrogens is 260 g/mol. The van der Waals surface area contributed by atoms with Crippen LogP contribution >= 0.6 is 0 Å². The molecule has 0 spiro atoms. The highest BCUT2D eigenvalue weighted by Gasteiger charge is 2.16. The number of aromatic nitrogens is 1. The molecule has 0 atom stereocenters. The summed E-state index contributed by atoms with van der Waals surface area (Å²) in [7, 11) is 0. The molecule has 0 aliphatic carbocycles. The quantitative estimate of drug-likeness (QED) is 0.341. The Hall–Kier alpha value is -2.83. The molecule has 7 nitrogen and oxygen atoms in total. The highest BCUT2D eigenvalue weighted by Crippen LogP contribution is 2.20.